The van der Waals surface area contributed by atoms with Crippen LogP contribution in [-0.4, -0.2) is 33.9 Å². The molecule has 0 aliphatic carbocycles. The van der Waals surface area contributed by atoms with E-state index in [4.69, 9.17) is 0 Å². The molecule has 0 bridgehead atoms. The van der Waals surface area contributed by atoms with Crippen molar-refractivity contribution < 1.29 is 14.8 Å². The largest absolute Gasteiger partial charge is 0.508 e. The van der Waals surface area contributed by atoms with E-state index < -0.39 is 4.92 Å². The molecule has 0 saturated carbocycles. The lowest BCUT2D eigenvalue weighted by molar-refractivity contribution is -0.385. The third-order valence-electron chi connectivity index (χ3n) is 4.63. The maximum absolute atomic E-state index is 12.6. The maximum Gasteiger partial charge on any atom is 0.282 e. The molecule has 1 heterocycles. The van der Waals surface area contributed by atoms with Gasteiger partial charge in [0.2, 0.25) is 0 Å². The number of nitro groups is 1. The van der Waals surface area contributed by atoms with E-state index in [1.54, 1.807) is 4.90 Å². The van der Waals surface area contributed by atoms with Gasteiger partial charge < -0.3 is 10.0 Å². The molecule has 0 radical (unpaired) electrons. The molecular weight excluding hydrogens is 272 g/mol. The molecule has 1 N–H and O–H groups in total. The van der Waals surface area contributed by atoms with E-state index in [9.17, 15) is 20.0 Å². The Hall–Kier alpha value is -2.11. The monoisotopic (exact) mass is 292 g/mol. The summed E-state index contributed by atoms with van der Waals surface area (Å²) >= 11 is 0. The molecule has 1 aliphatic heterocycles. The fourth-order valence-electron chi connectivity index (χ4n) is 2.96. The number of nitrogens with zero attached hydrogens (tertiary/aromatic N) is 2. The summed E-state index contributed by atoms with van der Waals surface area (Å²) in [5.41, 5.74) is -0.187. The van der Waals surface area contributed by atoms with Crippen molar-refractivity contribution in [2.45, 2.75) is 33.1 Å². The third kappa shape index (κ3) is 2.84. The van der Waals surface area contributed by atoms with Crippen molar-refractivity contribution in [2.24, 2.45) is 5.41 Å². The molecule has 1 amide bonds. The Morgan fingerprint density at radius 1 is 1.43 bits per heavy atom. The summed E-state index contributed by atoms with van der Waals surface area (Å²) < 4.78 is 0. The van der Waals surface area contributed by atoms with Gasteiger partial charge in [0.1, 0.15) is 11.3 Å². The predicted molar refractivity (Wildman–Crippen MR) is 78.3 cm³/mol. The van der Waals surface area contributed by atoms with Crippen LogP contribution in [0.15, 0.2) is 18.2 Å². The summed E-state index contributed by atoms with van der Waals surface area (Å²) in [6, 6.07) is 3.57. The Morgan fingerprint density at radius 3 is 2.62 bits per heavy atom. The highest BCUT2D eigenvalue weighted by Crippen LogP contribution is 2.38. The Bertz CT molecular complexity index is 567. The maximum atomic E-state index is 12.6. The van der Waals surface area contributed by atoms with E-state index in [0.29, 0.717) is 13.1 Å². The lowest BCUT2D eigenvalue weighted by Gasteiger charge is -2.26. The van der Waals surface area contributed by atoms with Crippen molar-refractivity contribution in [1.82, 2.24) is 4.90 Å². The van der Waals surface area contributed by atoms with Crippen LogP contribution in [0, 0.1) is 15.5 Å². The lowest BCUT2D eigenvalue weighted by atomic mass is 9.82. The van der Waals surface area contributed by atoms with Gasteiger partial charge in [0.25, 0.3) is 11.6 Å². The fourth-order valence-corrected chi connectivity index (χ4v) is 2.96. The number of carbonyl (C=O) groups is 1. The second kappa shape index (κ2) is 5.71. The van der Waals surface area contributed by atoms with Gasteiger partial charge in [0.05, 0.1) is 4.92 Å². The van der Waals surface area contributed by atoms with E-state index >= 15 is 0 Å². The van der Waals surface area contributed by atoms with Crippen LogP contribution in [0.3, 0.4) is 0 Å². The van der Waals surface area contributed by atoms with E-state index in [1.165, 1.54) is 18.2 Å². The molecule has 1 aromatic rings. The molecule has 2 rings (SSSR count). The summed E-state index contributed by atoms with van der Waals surface area (Å²) in [7, 11) is 0. The Morgan fingerprint density at radius 2 is 2.10 bits per heavy atom. The second-order valence-electron chi connectivity index (χ2n) is 5.64. The minimum atomic E-state index is -0.588. The zero-order chi connectivity index (χ0) is 15.6. The molecule has 6 heteroatoms. The number of nitro benzene ring substituents is 1. The molecule has 0 spiro atoms. The molecule has 0 unspecified atom stereocenters. The summed E-state index contributed by atoms with van der Waals surface area (Å²) in [6.07, 6.45) is 2.88. The highest BCUT2D eigenvalue weighted by atomic mass is 16.6. The first-order chi connectivity index (χ1) is 9.92. The molecule has 1 aromatic carbocycles. The van der Waals surface area contributed by atoms with E-state index in [-0.39, 0.29) is 28.3 Å². The number of hydrogen-bond donors (Lipinski definition) is 1. The molecule has 1 fully saturated rings. The van der Waals surface area contributed by atoms with Crippen molar-refractivity contribution >= 4 is 11.6 Å². The van der Waals surface area contributed by atoms with Crippen LogP contribution in [0.1, 0.15) is 43.5 Å². The predicted octanol–water partition coefficient (Wildman–Crippen LogP) is 2.95. The highest BCUT2D eigenvalue weighted by molar-refractivity contribution is 5.98. The van der Waals surface area contributed by atoms with Gasteiger partial charge in [-0.1, -0.05) is 13.8 Å². The smallest absolute Gasteiger partial charge is 0.282 e. The van der Waals surface area contributed by atoms with Crippen LogP contribution in [0.25, 0.3) is 0 Å². The number of amides is 1. The molecule has 0 atom stereocenters. The van der Waals surface area contributed by atoms with Gasteiger partial charge in [-0.25, -0.2) is 0 Å². The molecule has 0 aromatic heterocycles. The van der Waals surface area contributed by atoms with Gasteiger partial charge in [0, 0.05) is 19.2 Å². The number of likely N-dealkylation sites (tertiary alicyclic amines) is 1. The molecule has 114 valence electrons. The average Bonchev–Trinajstić information content (AvgIpc) is 2.91. The number of hydrogen-bond acceptors (Lipinski definition) is 4. The van der Waals surface area contributed by atoms with Crippen LogP contribution in [0.5, 0.6) is 5.75 Å². The zero-order valence-electron chi connectivity index (χ0n) is 12.3. The van der Waals surface area contributed by atoms with E-state index in [0.717, 1.165) is 19.3 Å². The summed E-state index contributed by atoms with van der Waals surface area (Å²) in [5.74, 6) is -0.512. The number of aromatic hydroxyl groups is 1. The average molecular weight is 292 g/mol. The van der Waals surface area contributed by atoms with Crippen molar-refractivity contribution in [3.63, 3.8) is 0 Å². The summed E-state index contributed by atoms with van der Waals surface area (Å²) in [5, 5.41) is 20.6. The second-order valence-corrected chi connectivity index (χ2v) is 5.64. The Kier molecular flexibility index (Phi) is 4.16. The van der Waals surface area contributed by atoms with Crippen molar-refractivity contribution in [3.8, 4) is 5.75 Å². The Balaban J connectivity index is 2.30. The quantitative estimate of drug-likeness (QED) is 0.683. The minimum Gasteiger partial charge on any atom is -0.508 e. The van der Waals surface area contributed by atoms with Gasteiger partial charge in [0.15, 0.2) is 0 Å². The standard InChI is InChI=1S/C15H20N2O4/c1-3-15(4-2)7-8-16(10-15)14(19)12-9-11(18)5-6-13(12)17(20)21/h5-6,9,18H,3-4,7-8,10H2,1-2H3. The SMILES string of the molecule is CCC1(CC)CCN(C(=O)c2cc(O)ccc2[N+](=O)[O-])C1. The van der Waals surface area contributed by atoms with Crippen LogP contribution < -0.4 is 0 Å². The third-order valence-corrected chi connectivity index (χ3v) is 4.63. The number of carbonyl (C=O) groups excluding carboxylic acids is 1. The van der Waals surface area contributed by atoms with Gasteiger partial charge in [-0.05, 0) is 36.8 Å². The van der Waals surface area contributed by atoms with Crippen LogP contribution >= 0.6 is 0 Å². The fraction of sp³-hybridized carbons (Fsp3) is 0.533. The number of rotatable bonds is 4. The van der Waals surface area contributed by atoms with Crippen molar-refractivity contribution in [3.05, 3.63) is 33.9 Å². The van der Waals surface area contributed by atoms with Gasteiger partial charge in [-0.15, -0.1) is 0 Å². The zero-order valence-corrected chi connectivity index (χ0v) is 12.3. The molecule has 1 saturated heterocycles. The molecular formula is C15H20N2O4. The summed E-state index contributed by atoms with van der Waals surface area (Å²) in [6.45, 7) is 5.43. The highest BCUT2D eigenvalue weighted by Gasteiger charge is 2.38. The molecule has 1 aliphatic rings. The number of benzene rings is 1. The first-order valence-corrected chi connectivity index (χ1v) is 7.19. The topological polar surface area (TPSA) is 83.7 Å². The van der Waals surface area contributed by atoms with E-state index in [2.05, 4.69) is 13.8 Å². The van der Waals surface area contributed by atoms with Gasteiger partial charge >= 0.3 is 0 Å². The van der Waals surface area contributed by atoms with E-state index in [1.807, 2.05) is 0 Å². The van der Waals surface area contributed by atoms with Crippen molar-refractivity contribution in [2.75, 3.05) is 13.1 Å². The van der Waals surface area contributed by atoms with Crippen molar-refractivity contribution in [1.29, 1.82) is 0 Å². The minimum absolute atomic E-state index is 0.0389. The first-order valence-electron chi connectivity index (χ1n) is 7.19. The van der Waals surface area contributed by atoms with Crippen LogP contribution in [-0.2, 0) is 0 Å². The van der Waals surface area contributed by atoms with Crippen LogP contribution in [0.4, 0.5) is 5.69 Å². The Labute approximate surface area is 123 Å². The first kappa shape index (κ1) is 15.3. The summed E-state index contributed by atoms with van der Waals surface area (Å²) in [4.78, 5) is 24.7. The molecule has 21 heavy (non-hydrogen) atoms. The normalized spacial score (nSPS) is 17.0. The lowest BCUT2D eigenvalue weighted by Crippen LogP contribution is -2.32. The number of phenolic OH excluding ortho intramolecular Hbond substituents is 1. The van der Waals surface area contributed by atoms with Crippen LogP contribution in [0.2, 0.25) is 0 Å². The molecule has 6 nitrogen and oxygen atoms in total. The van der Waals surface area contributed by atoms with Gasteiger partial charge in [-0.2, -0.15) is 0 Å². The number of phenols is 1. The van der Waals surface area contributed by atoms with Gasteiger partial charge in [-0.3, -0.25) is 14.9 Å².